The van der Waals surface area contributed by atoms with Gasteiger partial charge in [0.15, 0.2) is 11.5 Å². The van der Waals surface area contributed by atoms with Crippen LogP contribution in [0, 0.1) is 0 Å². The van der Waals surface area contributed by atoms with Crippen LogP contribution in [0.2, 0.25) is 0 Å². The average Bonchev–Trinajstić information content (AvgIpc) is 2.39. The van der Waals surface area contributed by atoms with Gasteiger partial charge in [0.1, 0.15) is 0 Å². The fourth-order valence-electron chi connectivity index (χ4n) is 0.951. The highest BCUT2D eigenvalue weighted by atomic mass is 16.7. The van der Waals surface area contributed by atoms with E-state index in [4.69, 9.17) is 14.2 Å². The van der Waals surface area contributed by atoms with Crippen LogP contribution in [0.5, 0.6) is 17.4 Å². The minimum absolute atomic E-state index is 0.0796. The maximum Gasteiger partial charge on any atom is 0.515 e. The van der Waals surface area contributed by atoms with Crippen LogP contribution in [0.15, 0.2) is 12.3 Å². The van der Waals surface area contributed by atoms with Crippen molar-refractivity contribution in [2.75, 3.05) is 21.3 Å². The second-order valence-corrected chi connectivity index (χ2v) is 2.79. The number of methoxy groups -OCH3 is 3. The van der Waals surface area contributed by atoms with Gasteiger partial charge in [-0.3, -0.25) is 0 Å². The Morgan fingerprint density at radius 1 is 1.06 bits per heavy atom. The normalized spacial score (nSPS) is 9.28. The number of nitrogens with zero attached hydrogens (tertiary/aromatic N) is 1. The molecule has 8 heteroatoms. The van der Waals surface area contributed by atoms with E-state index in [-0.39, 0.29) is 17.4 Å². The molecule has 0 atom stereocenters. The summed E-state index contributed by atoms with van der Waals surface area (Å²) in [6, 6.07) is 1.31. The van der Waals surface area contributed by atoms with E-state index in [0.29, 0.717) is 0 Å². The van der Waals surface area contributed by atoms with Gasteiger partial charge in [0.2, 0.25) is 0 Å². The molecule has 0 spiro atoms. The van der Waals surface area contributed by atoms with Crippen LogP contribution in [-0.2, 0) is 9.47 Å². The summed E-state index contributed by atoms with van der Waals surface area (Å²) in [6.45, 7) is 0. The molecule has 0 saturated heterocycles. The molecule has 0 amide bonds. The predicted molar refractivity (Wildman–Crippen MR) is 56.9 cm³/mol. The first-order chi connectivity index (χ1) is 8.60. The van der Waals surface area contributed by atoms with E-state index in [1.165, 1.54) is 20.3 Å². The van der Waals surface area contributed by atoms with Crippen LogP contribution >= 0.6 is 0 Å². The first kappa shape index (κ1) is 13.6. The first-order valence-electron chi connectivity index (χ1n) is 4.66. The van der Waals surface area contributed by atoms with Crippen molar-refractivity contribution in [1.29, 1.82) is 0 Å². The Kier molecular flexibility index (Phi) is 4.73. The quantitative estimate of drug-likeness (QED) is 0.749. The minimum Gasteiger partial charge on any atom is -0.491 e. The minimum atomic E-state index is -0.942. The summed E-state index contributed by atoms with van der Waals surface area (Å²) in [6.07, 6.45) is -0.680. The highest BCUT2D eigenvalue weighted by Gasteiger charge is 2.14. The van der Waals surface area contributed by atoms with Gasteiger partial charge < -0.3 is 23.7 Å². The van der Waals surface area contributed by atoms with E-state index < -0.39 is 12.3 Å². The molecule has 98 valence electrons. The number of hydrogen-bond acceptors (Lipinski definition) is 8. The third kappa shape index (κ3) is 3.51. The molecule has 0 fully saturated rings. The molecule has 0 aromatic carbocycles. The van der Waals surface area contributed by atoms with Gasteiger partial charge in [-0.15, -0.1) is 0 Å². The summed E-state index contributed by atoms with van der Waals surface area (Å²) in [4.78, 5) is 25.5. The number of hydrogen-bond donors (Lipinski definition) is 0. The van der Waals surface area contributed by atoms with Crippen molar-refractivity contribution in [3.8, 4) is 17.4 Å². The molecule has 0 aliphatic carbocycles. The Morgan fingerprint density at radius 3 is 2.22 bits per heavy atom. The average molecular weight is 257 g/mol. The molecule has 0 unspecified atom stereocenters. The van der Waals surface area contributed by atoms with Crippen molar-refractivity contribution in [2.24, 2.45) is 0 Å². The molecular weight excluding hydrogens is 246 g/mol. The van der Waals surface area contributed by atoms with E-state index >= 15 is 0 Å². The van der Waals surface area contributed by atoms with Gasteiger partial charge in [-0.1, -0.05) is 0 Å². The summed E-state index contributed by atoms with van der Waals surface area (Å²) in [7, 11) is 3.66. The molecule has 0 radical (unpaired) electrons. The molecule has 0 bridgehead atoms. The van der Waals surface area contributed by atoms with Crippen LogP contribution in [0.3, 0.4) is 0 Å². The highest BCUT2D eigenvalue weighted by Crippen LogP contribution is 2.28. The molecule has 0 aliphatic heterocycles. The zero-order valence-corrected chi connectivity index (χ0v) is 9.96. The van der Waals surface area contributed by atoms with E-state index in [0.717, 1.165) is 13.3 Å². The largest absolute Gasteiger partial charge is 0.515 e. The summed E-state index contributed by atoms with van der Waals surface area (Å²) in [5.41, 5.74) is 0. The van der Waals surface area contributed by atoms with Gasteiger partial charge in [-0.25, -0.2) is 14.6 Å². The molecule has 18 heavy (non-hydrogen) atoms. The highest BCUT2D eigenvalue weighted by molar-refractivity contribution is 5.65. The van der Waals surface area contributed by atoms with Gasteiger partial charge in [0, 0.05) is 6.07 Å². The fourth-order valence-corrected chi connectivity index (χ4v) is 0.951. The van der Waals surface area contributed by atoms with Gasteiger partial charge >= 0.3 is 12.3 Å². The number of ether oxygens (including phenoxy) is 5. The van der Waals surface area contributed by atoms with Gasteiger partial charge in [-0.05, 0) is 0 Å². The van der Waals surface area contributed by atoms with Crippen molar-refractivity contribution in [2.45, 2.75) is 0 Å². The lowest BCUT2D eigenvalue weighted by Crippen LogP contribution is -2.11. The van der Waals surface area contributed by atoms with E-state index in [1.54, 1.807) is 0 Å². The van der Waals surface area contributed by atoms with Crippen molar-refractivity contribution < 1.29 is 33.3 Å². The van der Waals surface area contributed by atoms with Crippen LogP contribution in [0.25, 0.3) is 0 Å². The lowest BCUT2D eigenvalue weighted by molar-refractivity contribution is 0.116. The summed E-state index contributed by atoms with van der Waals surface area (Å²) < 4.78 is 22.9. The van der Waals surface area contributed by atoms with Gasteiger partial charge in [0.25, 0.3) is 5.88 Å². The van der Waals surface area contributed by atoms with Crippen LogP contribution in [0.1, 0.15) is 0 Å². The third-order valence-corrected chi connectivity index (χ3v) is 1.73. The van der Waals surface area contributed by atoms with Crippen molar-refractivity contribution in [1.82, 2.24) is 4.98 Å². The number of carbonyl (C=O) groups excluding carboxylic acids is 2. The maximum atomic E-state index is 10.9. The molecule has 0 saturated carbocycles. The lowest BCUT2D eigenvalue weighted by Gasteiger charge is -2.08. The standard InChI is InChI=1S/C10H11NO7/c1-14-7-4-6(17-9(12)15-2)5-11-8(7)18-10(13)16-3/h4-5H,1-3H3. The Hall–Kier alpha value is -2.51. The monoisotopic (exact) mass is 257 g/mol. The van der Waals surface area contributed by atoms with Gasteiger partial charge in [-0.2, -0.15) is 0 Å². The molecule has 0 N–H and O–H groups in total. The summed E-state index contributed by atoms with van der Waals surface area (Å²) >= 11 is 0. The fraction of sp³-hybridized carbons (Fsp3) is 0.300. The van der Waals surface area contributed by atoms with Crippen LogP contribution in [0.4, 0.5) is 9.59 Å². The maximum absolute atomic E-state index is 10.9. The van der Waals surface area contributed by atoms with Crippen LogP contribution in [-0.4, -0.2) is 38.6 Å². The molecule has 1 aromatic heterocycles. The lowest BCUT2D eigenvalue weighted by atomic mass is 10.4. The van der Waals surface area contributed by atoms with Gasteiger partial charge in [0.05, 0.1) is 27.5 Å². The summed E-state index contributed by atoms with van der Waals surface area (Å²) in [5, 5.41) is 0. The zero-order valence-electron chi connectivity index (χ0n) is 9.96. The second-order valence-electron chi connectivity index (χ2n) is 2.79. The number of pyridine rings is 1. The van der Waals surface area contributed by atoms with E-state index in [9.17, 15) is 9.59 Å². The number of rotatable bonds is 3. The van der Waals surface area contributed by atoms with Crippen molar-refractivity contribution in [3.63, 3.8) is 0 Å². The van der Waals surface area contributed by atoms with Crippen molar-refractivity contribution >= 4 is 12.3 Å². The smallest absolute Gasteiger partial charge is 0.491 e. The topological polar surface area (TPSA) is 93.2 Å². The Balaban J connectivity index is 2.89. The molecule has 0 aliphatic rings. The number of carbonyl (C=O) groups is 2. The Labute approximate surface area is 102 Å². The molecule has 1 rings (SSSR count). The Bertz CT molecular complexity index is 446. The molecule has 1 aromatic rings. The Morgan fingerprint density at radius 2 is 1.67 bits per heavy atom. The van der Waals surface area contributed by atoms with E-state index in [1.807, 2.05) is 0 Å². The van der Waals surface area contributed by atoms with Crippen molar-refractivity contribution in [3.05, 3.63) is 12.3 Å². The van der Waals surface area contributed by atoms with E-state index in [2.05, 4.69) is 14.5 Å². The first-order valence-corrected chi connectivity index (χ1v) is 4.66. The zero-order chi connectivity index (χ0) is 13.5. The third-order valence-electron chi connectivity index (χ3n) is 1.73. The SMILES string of the molecule is COC(=O)Oc1cnc(OC(=O)OC)c(OC)c1. The predicted octanol–water partition coefficient (Wildman–Crippen LogP) is 1.38. The molecule has 8 nitrogen and oxygen atoms in total. The second kappa shape index (κ2) is 6.28. The summed E-state index contributed by atoms with van der Waals surface area (Å²) in [5.74, 6) is 0.0688. The molecule has 1 heterocycles. The molecular formula is C10H11NO7. The number of aromatic nitrogens is 1. The van der Waals surface area contributed by atoms with Crippen LogP contribution < -0.4 is 14.2 Å².